The van der Waals surface area contributed by atoms with Crippen LogP contribution in [0, 0.1) is 0 Å². The predicted molar refractivity (Wildman–Crippen MR) is 86.6 cm³/mol. The number of aliphatic hydroxyl groups is 1. The number of rotatable bonds is 7. The molecule has 1 aromatic carbocycles. The van der Waals surface area contributed by atoms with E-state index in [4.69, 9.17) is 0 Å². The first kappa shape index (κ1) is 16.4. The number of H-pyrrole nitrogens is 1. The van der Waals surface area contributed by atoms with Crippen LogP contribution >= 0.6 is 0 Å². The molecule has 0 saturated carbocycles. The highest BCUT2D eigenvalue weighted by Gasteiger charge is 2.17. The Balaban J connectivity index is 2.19. The van der Waals surface area contributed by atoms with Crippen LogP contribution in [0.4, 0.5) is 0 Å². The highest BCUT2D eigenvalue weighted by Crippen LogP contribution is 2.23. The molecule has 0 aliphatic heterocycles. The number of benzene rings is 1. The Hall–Kier alpha value is -1.98. The van der Waals surface area contributed by atoms with Crippen molar-refractivity contribution in [2.45, 2.75) is 32.4 Å². The lowest BCUT2D eigenvalue weighted by Gasteiger charge is -2.27. The summed E-state index contributed by atoms with van der Waals surface area (Å²) in [5, 5.41) is 9.34. The van der Waals surface area contributed by atoms with Crippen LogP contribution < -0.4 is 5.56 Å². The number of aromatic amines is 1. The number of aryl methyl sites for hydroxylation is 1. The Kier molecular flexibility index (Phi) is 5.86. The standard InChI is InChI=1S/C17H23N3O2/c1-3-14-11-17(22)19-16(18-14)12-20(2)15(9-10-21)13-7-5-4-6-8-13/h4-8,11,15,21H,3,9-10,12H2,1-2H3,(H,18,19,22). The molecule has 1 atom stereocenters. The second kappa shape index (κ2) is 7.87. The third kappa shape index (κ3) is 4.26. The lowest BCUT2D eigenvalue weighted by Crippen LogP contribution is -2.27. The van der Waals surface area contributed by atoms with E-state index < -0.39 is 0 Å². The zero-order valence-corrected chi connectivity index (χ0v) is 13.1. The minimum absolute atomic E-state index is 0.0850. The van der Waals surface area contributed by atoms with Gasteiger partial charge in [-0.05, 0) is 25.5 Å². The fourth-order valence-electron chi connectivity index (χ4n) is 2.60. The summed E-state index contributed by atoms with van der Waals surface area (Å²) < 4.78 is 0. The van der Waals surface area contributed by atoms with Crippen LogP contribution in [0.2, 0.25) is 0 Å². The van der Waals surface area contributed by atoms with Crippen LogP contribution in [0.3, 0.4) is 0 Å². The Morgan fingerprint density at radius 1 is 1.32 bits per heavy atom. The smallest absolute Gasteiger partial charge is 0.251 e. The summed E-state index contributed by atoms with van der Waals surface area (Å²) in [6.07, 6.45) is 1.37. The molecule has 1 heterocycles. The average Bonchev–Trinajstić information content (AvgIpc) is 2.52. The molecule has 5 nitrogen and oxygen atoms in total. The highest BCUT2D eigenvalue weighted by atomic mass is 16.3. The summed E-state index contributed by atoms with van der Waals surface area (Å²) in [7, 11) is 1.98. The number of hydrogen-bond acceptors (Lipinski definition) is 4. The quantitative estimate of drug-likeness (QED) is 0.819. The van der Waals surface area contributed by atoms with Gasteiger partial charge in [-0.25, -0.2) is 4.98 Å². The first-order chi connectivity index (χ1) is 10.6. The third-order valence-electron chi connectivity index (χ3n) is 3.72. The fourth-order valence-corrected chi connectivity index (χ4v) is 2.60. The van der Waals surface area contributed by atoms with Gasteiger partial charge in [-0.15, -0.1) is 0 Å². The molecule has 2 rings (SSSR count). The van der Waals surface area contributed by atoms with Gasteiger partial charge in [0.2, 0.25) is 0 Å². The molecule has 22 heavy (non-hydrogen) atoms. The number of nitrogens with one attached hydrogen (secondary N) is 1. The van der Waals surface area contributed by atoms with Crippen molar-refractivity contribution in [1.82, 2.24) is 14.9 Å². The Morgan fingerprint density at radius 3 is 2.68 bits per heavy atom. The van der Waals surface area contributed by atoms with Gasteiger partial charge in [0.15, 0.2) is 0 Å². The van der Waals surface area contributed by atoms with E-state index in [2.05, 4.69) is 27.0 Å². The zero-order valence-electron chi connectivity index (χ0n) is 13.1. The van der Waals surface area contributed by atoms with Crippen LogP contribution in [0.1, 0.15) is 36.5 Å². The van der Waals surface area contributed by atoms with E-state index in [1.165, 1.54) is 6.07 Å². The molecule has 0 saturated heterocycles. The van der Waals surface area contributed by atoms with Crippen molar-refractivity contribution in [1.29, 1.82) is 0 Å². The normalized spacial score (nSPS) is 12.5. The van der Waals surface area contributed by atoms with Gasteiger partial charge in [-0.3, -0.25) is 9.69 Å². The summed E-state index contributed by atoms with van der Waals surface area (Å²) in [5.41, 5.74) is 1.83. The molecule has 5 heteroatoms. The van der Waals surface area contributed by atoms with Crippen molar-refractivity contribution in [2.24, 2.45) is 0 Å². The molecular formula is C17H23N3O2. The first-order valence-corrected chi connectivity index (χ1v) is 7.59. The van der Waals surface area contributed by atoms with Crippen molar-refractivity contribution in [3.05, 3.63) is 63.8 Å². The Morgan fingerprint density at radius 2 is 2.05 bits per heavy atom. The van der Waals surface area contributed by atoms with E-state index in [0.717, 1.165) is 17.7 Å². The third-order valence-corrected chi connectivity index (χ3v) is 3.72. The number of hydrogen-bond donors (Lipinski definition) is 2. The lowest BCUT2D eigenvalue weighted by atomic mass is 10.0. The lowest BCUT2D eigenvalue weighted by molar-refractivity contribution is 0.177. The topological polar surface area (TPSA) is 69.2 Å². The second-order valence-corrected chi connectivity index (χ2v) is 5.39. The molecular weight excluding hydrogens is 278 g/mol. The monoisotopic (exact) mass is 301 g/mol. The Bertz CT molecular complexity index is 640. The van der Waals surface area contributed by atoms with Gasteiger partial charge in [-0.2, -0.15) is 0 Å². The van der Waals surface area contributed by atoms with E-state index >= 15 is 0 Å². The summed E-state index contributed by atoms with van der Waals surface area (Å²) in [6.45, 7) is 2.62. The number of nitrogens with zero attached hydrogens (tertiary/aromatic N) is 2. The van der Waals surface area contributed by atoms with Crippen LogP contribution in [-0.4, -0.2) is 33.6 Å². The van der Waals surface area contributed by atoms with Crippen molar-refractivity contribution in [2.75, 3.05) is 13.7 Å². The van der Waals surface area contributed by atoms with Crippen LogP contribution in [0.25, 0.3) is 0 Å². The van der Waals surface area contributed by atoms with Crippen LogP contribution in [0.15, 0.2) is 41.2 Å². The van der Waals surface area contributed by atoms with Crippen molar-refractivity contribution in [3.63, 3.8) is 0 Å². The molecule has 0 aliphatic carbocycles. The van der Waals surface area contributed by atoms with E-state index in [1.807, 2.05) is 32.2 Å². The number of aliphatic hydroxyl groups excluding tert-OH is 1. The SMILES string of the molecule is CCc1cc(=O)[nH]c(CN(C)C(CCO)c2ccccc2)n1. The Labute approximate surface area is 130 Å². The van der Waals surface area contributed by atoms with Crippen molar-refractivity contribution >= 4 is 0 Å². The summed E-state index contributed by atoms with van der Waals surface area (Å²) >= 11 is 0. The molecule has 0 fully saturated rings. The molecule has 1 aromatic heterocycles. The molecule has 0 radical (unpaired) electrons. The second-order valence-electron chi connectivity index (χ2n) is 5.39. The van der Waals surface area contributed by atoms with E-state index in [0.29, 0.717) is 18.8 Å². The zero-order chi connectivity index (χ0) is 15.9. The fraction of sp³-hybridized carbons (Fsp3) is 0.412. The summed E-state index contributed by atoms with van der Waals surface area (Å²) in [5.74, 6) is 0.658. The minimum Gasteiger partial charge on any atom is -0.396 e. The number of aromatic nitrogens is 2. The van der Waals surface area contributed by atoms with Crippen molar-refractivity contribution < 1.29 is 5.11 Å². The molecule has 2 aromatic rings. The van der Waals surface area contributed by atoms with Crippen LogP contribution in [-0.2, 0) is 13.0 Å². The highest BCUT2D eigenvalue weighted by molar-refractivity contribution is 5.19. The van der Waals surface area contributed by atoms with E-state index in [1.54, 1.807) is 0 Å². The maximum atomic E-state index is 11.7. The molecule has 118 valence electrons. The molecule has 1 unspecified atom stereocenters. The van der Waals surface area contributed by atoms with Gasteiger partial charge >= 0.3 is 0 Å². The predicted octanol–water partition coefficient (Wildman–Crippen LogP) is 1.89. The maximum Gasteiger partial charge on any atom is 0.251 e. The molecule has 2 N–H and O–H groups in total. The molecule has 0 spiro atoms. The van der Waals surface area contributed by atoms with Crippen molar-refractivity contribution in [3.8, 4) is 0 Å². The van der Waals surface area contributed by atoms with Crippen LogP contribution in [0.5, 0.6) is 0 Å². The van der Waals surface area contributed by atoms with Gasteiger partial charge in [0.1, 0.15) is 5.82 Å². The van der Waals surface area contributed by atoms with Gasteiger partial charge < -0.3 is 10.1 Å². The van der Waals surface area contributed by atoms with Gasteiger partial charge in [0.05, 0.1) is 6.54 Å². The minimum atomic E-state index is -0.117. The van der Waals surface area contributed by atoms with E-state index in [-0.39, 0.29) is 18.2 Å². The molecule has 0 bridgehead atoms. The summed E-state index contributed by atoms with van der Waals surface area (Å²) in [6, 6.07) is 11.7. The average molecular weight is 301 g/mol. The molecule has 0 aliphatic rings. The molecule has 0 amide bonds. The van der Waals surface area contributed by atoms with Gasteiger partial charge in [-0.1, -0.05) is 37.3 Å². The van der Waals surface area contributed by atoms with Gasteiger partial charge in [0.25, 0.3) is 5.56 Å². The maximum absolute atomic E-state index is 11.7. The first-order valence-electron chi connectivity index (χ1n) is 7.59. The largest absolute Gasteiger partial charge is 0.396 e. The van der Waals surface area contributed by atoms with E-state index in [9.17, 15) is 9.90 Å². The van der Waals surface area contributed by atoms with Gasteiger partial charge in [0, 0.05) is 24.4 Å². The summed E-state index contributed by atoms with van der Waals surface area (Å²) in [4.78, 5) is 21.0.